The van der Waals surface area contributed by atoms with Gasteiger partial charge in [0.1, 0.15) is 0 Å². The number of aromatic nitrogens is 1. The highest BCUT2D eigenvalue weighted by molar-refractivity contribution is 5.08. The van der Waals surface area contributed by atoms with Gasteiger partial charge in [-0.2, -0.15) is 0 Å². The van der Waals surface area contributed by atoms with Crippen molar-refractivity contribution in [2.75, 3.05) is 20.6 Å². The average Bonchev–Trinajstić information content (AvgIpc) is 2.48. The van der Waals surface area contributed by atoms with Crippen LogP contribution in [0.25, 0.3) is 0 Å². The van der Waals surface area contributed by atoms with E-state index in [4.69, 9.17) is 0 Å². The molecule has 1 saturated carbocycles. The van der Waals surface area contributed by atoms with Crippen molar-refractivity contribution in [1.29, 1.82) is 0 Å². The van der Waals surface area contributed by atoms with E-state index in [2.05, 4.69) is 49.2 Å². The normalized spacial score (nSPS) is 26.5. The topological polar surface area (TPSA) is 28.2 Å². The molecule has 0 radical (unpaired) electrons. The van der Waals surface area contributed by atoms with Gasteiger partial charge in [-0.15, -0.1) is 0 Å². The SMILES string of the molecule is CNC1CCC(C(C)C)CC1CN(C)Cc1cccnc1. The minimum Gasteiger partial charge on any atom is -0.317 e. The van der Waals surface area contributed by atoms with Gasteiger partial charge < -0.3 is 10.2 Å². The van der Waals surface area contributed by atoms with Crippen molar-refractivity contribution in [3.05, 3.63) is 30.1 Å². The van der Waals surface area contributed by atoms with Crippen LogP contribution >= 0.6 is 0 Å². The highest BCUT2D eigenvalue weighted by atomic mass is 15.1. The van der Waals surface area contributed by atoms with E-state index in [1.165, 1.54) is 31.4 Å². The van der Waals surface area contributed by atoms with E-state index in [0.717, 1.165) is 24.3 Å². The second kappa shape index (κ2) is 7.90. The Hall–Kier alpha value is -0.930. The summed E-state index contributed by atoms with van der Waals surface area (Å²) >= 11 is 0. The first-order chi connectivity index (χ1) is 10.1. The molecule has 3 heteroatoms. The molecule has 1 aromatic rings. The first-order valence-corrected chi connectivity index (χ1v) is 8.34. The van der Waals surface area contributed by atoms with E-state index in [1.807, 2.05) is 18.5 Å². The summed E-state index contributed by atoms with van der Waals surface area (Å²) in [6.45, 7) is 6.91. The highest BCUT2D eigenvalue weighted by Gasteiger charge is 2.31. The second-order valence-corrected chi connectivity index (χ2v) is 7.03. The van der Waals surface area contributed by atoms with Gasteiger partial charge in [-0.25, -0.2) is 0 Å². The molecule has 3 nitrogen and oxygen atoms in total. The number of nitrogens with zero attached hydrogens (tertiary/aromatic N) is 2. The van der Waals surface area contributed by atoms with Crippen LogP contribution in [0, 0.1) is 17.8 Å². The molecule has 0 spiro atoms. The molecule has 0 aliphatic heterocycles. The smallest absolute Gasteiger partial charge is 0.0312 e. The molecule has 2 rings (SSSR count). The molecule has 1 aromatic heterocycles. The summed E-state index contributed by atoms with van der Waals surface area (Å²) < 4.78 is 0. The van der Waals surface area contributed by atoms with Crippen LogP contribution in [-0.2, 0) is 6.54 Å². The predicted octanol–water partition coefficient (Wildman–Crippen LogP) is 3.17. The quantitative estimate of drug-likeness (QED) is 0.872. The molecule has 1 aliphatic carbocycles. The zero-order chi connectivity index (χ0) is 15.2. The maximum Gasteiger partial charge on any atom is 0.0312 e. The second-order valence-electron chi connectivity index (χ2n) is 7.03. The molecule has 0 aromatic carbocycles. The Balaban J connectivity index is 1.91. The van der Waals surface area contributed by atoms with Crippen molar-refractivity contribution < 1.29 is 0 Å². The number of nitrogens with one attached hydrogen (secondary N) is 1. The van der Waals surface area contributed by atoms with Crippen LogP contribution in [0.5, 0.6) is 0 Å². The molecule has 1 N–H and O–H groups in total. The van der Waals surface area contributed by atoms with Crippen molar-refractivity contribution in [3.63, 3.8) is 0 Å². The van der Waals surface area contributed by atoms with Gasteiger partial charge in [0.25, 0.3) is 0 Å². The van der Waals surface area contributed by atoms with Gasteiger partial charge in [-0.3, -0.25) is 4.98 Å². The summed E-state index contributed by atoms with van der Waals surface area (Å²) in [5, 5.41) is 3.54. The van der Waals surface area contributed by atoms with Gasteiger partial charge in [0, 0.05) is 31.5 Å². The van der Waals surface area contributed by atoms with Gasteiger partial charge in [0.15, 0.2) is 0 Å². The molecule has 1 fully saturated rings. The van der Waals surface area contributed by atoms with E-state index in [0.29, 0.717) is 6.04 Å². The fourth-order valence-corrected chi connectivity index (χ4v) is 3.76. The van der Waals surface area contributed by atoms with E-state index in [9.17, 15) is 0 Å². The Bertz CT molecular complexity index is 404. The lowest BCUT2D eigenvalue weighted by molar-refractivity contribution is 0.134. The molecule has 3 unspecified atom stereocenters. The fraction of sp³-hybridized carbons (Fsp3) is 0.722. The Labute approximate surface area is 130 Å². The maximum absolute atomic E-state index is 4.21. The minimum absolute atomic E-state index is 0.677. The Morgan fingerprint density at radius 3 is 2.81 bits per heavy atom. The summed E-state index contributed by atoms with van der Waals surface area (Å²) in [4.78, 5) is 6.67. The standard InChI is InChI=1S/C18H31N3/c1-14(2)16-7-8-18(19-3)17(10-16)13-21(4)12-15-6-5-9-20-11-15/h5-6,9,11,14,16-19H,7-8,10,12-13H2,1-4H3. The molecule has 0 bridgehead atoms. The first kappa shape index (κ1) is 16.4. The number of hydrogen-bond acceptors (Lipinski definition) is 3. The van der Waals surface area contributed by atoms with Gasteiger partial charge in [0.05, 0.1) is 0 Å². The lowest BCUT2D eigenvalue weighted by atomic mass is 9.73. The first-order valence-electron chi connectivity index (χ1n) is 8.34. The van der Waals surface area contributed by atoms with E-state index >= 15 is 0 Å². The molecular weight excluding hydrogens is 258 g/mol. The van der Waals surface area contributed by atoms with Gasteiger partial charge in [0.2, 0.25) is 0 Å². The fourth-order valence-electron chi connectivity index (χ4n) is 3.76. The maximum atomic E-state index is 4.21. The zero-order valence-electron chi connectivity index (χ0n) is 14.0. The van der Waals surface area contributed by atoms with Crippen LogP contribution < -0.4 is 5.32 Å². The highest BCUT2D eigenvalue weighted by Crippen LogP contribution is 2.34. The van der Waals surface area contributed by atoms with E-state index < -0.39 is 0 Å². The zero-order valence-corrected chi connectivity index (χ0v) is 14.0. The third-order valence-electron chi connectivity index (χ3n) is 5.06. The number of pyridine rings is 1. The van der Waals surface area contributed by atoms with Gasteiger partial charge >= 0.3 is 0 Å². The lowest BCUT2D eigenvalue weighted by Gasteiger charge is -2.39. The third-order valence-corrected chi connectivity index (χ3v) is 5.06. The van der Waals surface area contributed by atoms with Gasteiger partial charge in [-0.1, -0.05) is 19.9 Å². The predicted molar refractivity (Wildman–Crippen MR) is 89.1 cm³/mol. The van der Waals surface area contributed by atoms with Crippen LogP contribution in [0.15, 0.2) is 24.5 Å². The summed E-state index contributed by atoms with van der Waals surface area (Å²) in [6.07, 6.45) is 7.88. The molecule has 21 heavy (non-hydrogen) atoms. The van der Waals surface area contributed by atoms with Crippen LogP contribution in [0.4, 0.5) is 0 Å². The molecule has 0 amide bonds. The van der Waals surface area contributed by atoms with Gasteiger partial charge in [-0.05, 0) is 62.7 Å². The Morgan fingerprint density at radius 1 is 1.38 bits per heavy atom. The molecule has 1 heterocycles. The molecule has 0 saturated heterocycles. The molecule has 1 aliphatic rings. The van der Waals surface area contributed by atoms with E-state index in [-0.39, 0.29) is 0 Å². The molecular formula is C18H31N3. The van der Waals surface area contributed by atoms with E-state index in [1.54, 1.807) is 0 Å². The van der Waals surface area contributed by atoms with Crippen LogP contribution in [0.1, 0.15) is 38.7 Å². The average molecular weight is 289 g/mol. The van der Waals surface area contributed by atoms with Crippen LogP contribution in [-0.4, -0.2) is 36.6 Å². The van der Waals surface area contributed by atoms with Crippen molar-refractivity contribution in [3.8, 4) is 0 Å². The largest absolute Gasteiger partial charge is 0.317 e. The monoisotopic (exact) mass is 289 g/mol. The summed E-state index contributed by atoms with van der Waals surface area (Å²) in [5.74, 6) is 2.47. The van der Waals surface area contributed by atoms with Crippen molar-refractivity contribution in [2.24, 2.45) is 17.8 Å². The lowest BCUT2D eigenvalue weighted by Crippen LogP contribution is -2.44. The minimum atomic E-state index is 0.677. The van der Waals surface area contributed by atoms with Crippen LogP contribution in [0.3, 0.4) is 0 Å². The number of rotatable bonds is 6. The summed E-state index contributed by atoms with van der Waals surface area (Å²) in [5.41, 5.74) is 1.30. The molecule has 118 valence electrons. The van der Waals surface area contributed by atoms with Crippen molar-refractivity contribution >= 4 is 0 Å². The van der Waals surface area contributed by atoms with Crippen LogP contribution in [0.2, 0.25) is 0 Å². The summed E-state index contributed by atoms with van der Waals surface area (Å²) in [6, 6.07) is 4.86. The van der Waals surface area contributed by atoms with Crippen molar-refractivity contribution in [2.45, 2.75) is 45.7 Å². The third kappa shape index (κ3) is 4.79. The number of hydrogen-bond donors (Lipinski definition) is 1. The molecule has 3 atom stereocenters. The van der Waals surface area contributed by atoms with Crippen molar-refractivity contribution in [1.82, 2.24) is 15.2 Å². The summed E-state index contributed by atoms with van der Waals surface area (Å²) in [7, 11) is 4.35. The Kier molecular flexibility index (Phi) is 6.19. The Morgan fingerprint density at radius 2 is 2.19 bits per heavy atom.